The van der Waals surface area contributed by atoms with Gasteiger partial charge in [0.1, 0.15) is 0 Å². The minimum atomic E-state index is -3.43. The van der Waals surface area contributed by atoms with Crippen LogP contribution in [-0.4, -0.2) is 30.4 Å². The van der Waals surface area contributed by atoms with Gasteiger partial charge in [-0.05, 0) is 43.5 Å². The molecule has 0 atom stereocenters. The summed E-state index contributed by atoms with van der Waals surface area (Å²) in [5.41, 5.74) is 2.82. The lowest BCUT2D eigenvalue weighted by Gasteiger charge is -2.16. The lowest BCUT2D eigenvalue weighted by Crippen LogP contribution is -2.27. The van der Waals surface area contributed by atoms with Crippen molar-refractivity contribution in [1.82, 2.24) is 8.87 Å². The number of nitrogens with zero attached hydrogens (tertiary/aromatic N) is 3. The van der Waals surface area contributed by atoms with Crippen LogP contribution >= 0.6 is 11.3 Å². The van der Waals surface area contributed by atoms with E-state index in [2.05, 4.69) is 16.9 Å². The van der Waals surface area contributed by atoms with Crippen LogP contribution in [0.15, 0.2) is 69.9 Å². The van der Waals surface area contributed by atoms with Crippen LogP contribution in [0.3, 0.4) is 0 Å². The molecule has 1 aromatic heterocycles. The number of rotatable bonds is 6. The van der Waals surface area contributed by atoms with E-state index in [0.29, 0.717) is 18.0 Å². The van der Waals surface area contributed by atoms with Crippen LogP contribution in [0.25, 0.3) is 11.3 Å². The lowest BCUT2D eigenvalue weighted by molar-refractivity contribution is 0.477. The molecule has 2 heterocycles. The van der Waals surface area contributed by atoms with E-state index in [4.69, 9.17) is 4.99 Å². The molecular formula is C22H25N3O2S2. The molecule has 1 aliphatic heterocycles. The molecule has 0 radical (unpaired) electrons. The molecule has 7 heteroatoms. The first-order chi connectivity index (χ1) is 14.1. The summed E-state index contributed by atoms with van der Waals surface area (Å²) >= 11 is 1.58. The Morgan fingerprint density at radius 3 is 2.52 bits per heavy atom. The molecule has 0 aliphatic carbocycles. The Balaban J connectivity index is 1.77. The summed E-state index contributed by atoms with van der Waals surface area (Å²) in [5.74, 6) is 0. The normalized spacial score (nSPS) is 15.8. The average Bonchev–Trinajstić information content (AvgIpc) is 3.41. The SMILES string of the molecule is CCCn1c(-c2cccc(S(=O)(=O)N3CCCC3)c2)csc1=Nc1ccccc1. The van der Waals surface area contributed by atoms with Gasteiger partial charge in [-0.15, -0.1) is 11.3 Å². The molecule has 1 saturated heterocycles. The van der Waals surface area contributed by atoms with Crippen LogP contribution in [0.4, 0.5) is 5.69 Å². The highest BCUT2D eigenvalue weighted by molar-refractivity contribution is 7.89. The Labute approximate surface area is 176 Å². The Kier molecular flexibility index (Phi) is 5.99. The van der Waals surface area contributed by atoms with E-state index in [-0.39, 0.29) is 0 Å². The number of thiazole rings is 1. The maximum atomic E-state index is 13.0. The fourth-order valence-electron chi connectivity index (χ4n) is 3.60. The second-order valence-electron chi connectivity index (χ2n) is 7.14. The molecule has 0 N–H and O–H groups in total. The molecule has 3 aromatic rings. The summed E-state index contributed by atoms with van der Waals surface area (Å²) in [5, 5.41) is 2.07. The van der Waals surface area contributed by atoms with Crippen LogP contribution in [0.1, 0.15) is 26.2 Å². The molecule has 0 saturated carbocycles. The van der Waals surface area contributed by atoms with Crippen LogP contribution in [-0.2, 0) is 16.6 Å². The van der Waals surface area contributed by atoms with Gasteiger partial charge in [0.25, 0.3) is 0 Å². The van der Waals surface area contributed by atoms with E-state index in [1.165, 1.54) is 0 Å². The minimum Gasteiger partial charge on any atom is -0.316 e. The van der Waals surface area contributed by atoms with Crippen molar-refractivity contribution in [3.63, 3.8) is 0 Å². The highest BCUT2D eigenvalue weighted by Crippen LogP contribution is 2.27. The fraction of sp³-hybridized carbons (Fsp3) is 0.318. The van der Waals surface area contributed by atoms with Crippen molar-refractivity contribution >= 4 is 27.0 Å². The van der Waals surface area contributed by atoms with Crippen molar-refractivity contribution < 1.29 is 8.42 Å². The molecule has 0 amide bonds. The van der Waals surface area contributed by atoms with E-state index >= 15 is 0 Å². The number of hydrogen-bond donors (Lipinski definition) is 0. The molecule has 1 aliphatic rings. The van der Waals surface area contributed by atoms with Gasteiger partial charge < -0.3 is 4.57 Å². The zero-order chi connectivity index (χ0) is 20.3. The summed E-state index contributed by atoms with van der Waals surface area (Å²) in [7, 11) is -3.43. The third kappa shape index (κ3) is 4.22. The summed E-state index contributed by atoms with van der Waals surface area (Å²) in [6, 6.07) is 17.2. The van der Waals surface area contributed by atoms with Crippen molar-refractivity contribution in [3.05, 3.63) is 64.8 Å². The maximum absolute atomic E-state index is 13.0. The van der Waals surface area contributed by atoms with Gasteiger partial charge in [0.2, 0.25) is 10.0 Å². The zero-order valence-electron chi connectivity index (χ0n) is 16.5. The Morgan fingerprint density at radius 2 is 1.79 bits per heavy atom. The summed E-state index contributed by atoms with van der Waals surface area (Å²) < 4.78 is 29.7. The summed E-state index contributed by atoms with van der Waals surface area (Å²) in [4.78, 5) is 6.08. The highest BCUT2D eigenvalue weighted by Gasteiger charge is 2.27. The summed E-state index contributed by atoms with van der Waals surface area (Å²) in [6.45, 7) is 4.19. The standard InChI is InChI=1S/C22H25N3O2S2/c1-2-13-25-21(17-28-22(25)23-19-10-4-3-5-11-19)18-9-8-12-20(16-18)29(26,27)24-14-6-7-15-24/h3-5,8-12,16-17H,2,6-7,13-15H2,1H3. The highest BCUT2D eigenvalue weighted by atomic mass is 32.2. The Morgan fingerprint density at radius 1 is 1.03 bits per heavy atom. The predicted molar refractivity (Wildman–Crippen MR) is 118 cm³/mol. The van der Waals surface area contributed by atoms with Gasteiger partial charge >= 0.3 is 0 Å². The first kappa shape index (κ1) is 20.1. The second kappa shape index (κ2) is 8.65. The van der Waals surface area contributed by atoms with Gasteiger partial charge in [-0.2, -0.15) is 4.31 Å². The maximum Gasteiger partial charge on any atom is 0.243 e. The number of para-hydroxylation sites is 1. The van der Waals surface area contributed by atoms with Gasteiger partial charge in [-0.25, -0.2) is 13.4 Å². The lowest BCUT2D eigenvalue weighted by atomic mass is 10.2. The first-order valence-electron chi connectivity index (χ1n) is 9.98. The van der Waals surface area contributed by atoms with Crippen molar-refractivity contribution in [3.8, 4) is 11.3 Å². The first-order valence-corrected chi connectivity index (χ1v) is 12.3. The molecular weight excluding hydrogens is 402 g/mol. The average molecular weight is 428 g/mol. The van der Waals surface area contributed by atoms with Gasteiger partial charge in [0.15, 0.2) is 4.80 Å². The summed E-state index contributed by atoms with van der Waals surface area (Å²) in [6.07, 6.45) is 2.84. The van der Waals surface area contributed by atoms with Gasteiger partial charge in [0, 0.05) is 30.6 Å². The monoisotopic (exact) mass is 427 g/mol. The fourth-order valence-corrected chi connectivity index (χ4v) is 6.11. The zero-order valence-corrected chi connectivity index (χ0v) is 18.1. The number of benzene rings is 2. The molecule has 4 rings (SSSR count). The van der Waals surface area contributed by atoms with Crippen LogP contribution in [0.5, 0.6) is 0 Å². The van der Waals surface area contributed by atoms with E-state index < -0.39 is 10.0 Å². The topological polar surface area (TPSA) is 54.7 Å². The van der Waals surface area contributed by atoms with Gasteiger partial charge in [0.05, 0.1) is 16.3 Å². The number of sulfonamides is 1. The van der Waals surface area contributed by atoms with E-state index in [1.54, 1.807) is 27.8 Å². The van der Waals surface area contributed by atoms with Crippen LogP contribution in [0.2, 0.25) is 0 Å². The minimum absolute atomic E-state index is 0.368. The van der Waals surface area contributed by atoms with Crippen molar-refractivity contribution in [1.29, 1.82) is 0 Å². The molecule has 2 aromatic carbocycles. The molecule has 0 spiro atoms. The molecule has 152 valence electrons. The van der Waals surface area contributed by atoms with E-state index in [0.717, 1.165) is 47.6 Å². The van der Waals surface area contributed by atoms with E-state index in [1.807, 2.05) is 42.5 Å². The largest absolute Gasteiger partial charge is 0.316 e. The third-order valence-electron chi connectivity index (χ3n) is 5.06. The molecule has 0 unspecified atom stereocenters. The van der Waals surface area contributed by atoms with E-state index in [9.17, 15) is 8.42 Å². The Bertz CT molecular complexity index is 1140. The molecule has 1 fully saturated rings. The molecule has 29 heavy (non-hydrogen) atoms. The smallest absolute Gasteiger partial charge is 0.243 e. The van der Waals surface area contributed by atoms with Gasteiger partial charge in [-0.1, -0.05) is 37.3 Å². The third-order valence-corrected chi connectivity index (χ3v) is 7.82. The predicted octanol–water partition coefficient (Wildman–Crippen LogP) is 4.64. The van der Waals surface area contributed by atoms with Crippen molar-refractivity contribution in [2.24, 2.45) is 4.99 Å². The quantitative estimate of drug-likeness (QED) is 0.575. The molecule has 0 bridgehead atoms. The van der Waals surface area contributed by atoms with Crippen molar-refractivity contribution in [2.45, 2.75) is 37.6 Å². The van der Waals surface area contributed by atoms with Crippen molar-refractivity contribution in [2.75, 3.05) is 13.1 Å². The number of hydrogen-bond acceptors (Lipinski definition) is 4. The van der Waals surface area contributed by atoms with Crippen LogP contribution in [0, 0.1) is 0 Å². The van der Waals surface area contributed by atoms with Gasteiger partial charge in [-0.3, -0.25) is 0 Å². The Hall–Kier alpha value is -2.22. The molecule has 5 nitrogen and oxygen atoms in total. The second-order valence-corrected chi connectivity index (χ2v) is 9.92. The number of aromatic nitrogens is 1. The van der Waals surface area contributed by atoms with Crippen LogP contribution < -0.4 is 4.80 Å².